The van der Waals surface area contributed by atoms with Gasteiger partial charge in [0.15, 0.2) is 5.96 Å². The number of phenols is 1. The van der Waals surface area contributed by atoms with Gasteiger partial charge >= 0.3 is 0 Å². The van der Waals surface area contributed by atoms with Gasteiger partial charge in [-0.25, -0.2) is 0 Å². The number of nitrogens with zero attached hydrogens (tertiary/aromatic N) is 1. The summed E-state index contributed by atoms with van der Waals surface area (Å²) in [6.07, 6.45) is 0. The highest BCUT2D eigenvalue weighted by Crippen LogP contribution is 2.14. The molecule has 28 heavy (non-hydrogen) atoms. The lowest BCUT2D eigenvalue weighted by Gasteiger charge is -2.12. The van der Waals surface area contributed by atoms with E-state index in [9.17, 15) is 9.90 Å². The predicted octanol–water partition coefficient (Wildman–Crippen LogP) is 1.89. The highest BCUT2D eigenvalue weighted by molar-refractivity contribution is 5.96. The first-order valence-corrected chi connectivity index (χ1v) is 9.40. The second kappa shape index (κ2) is 12.3. The fraction of sp³-hybridized carbons (Fsp3) is 0.333. The van der Waals surface area contributed by atoms with Gasteiger partial charge in [0.2, 0.25) is 0 Å². The molecule has 0 atom stereocenters. The van der Waals surface area contributed by atoms with E-state index >= 15 is 0 Å². The molecule has 0 unspecified atom stereocenters. The van der Waals surface area contributed by atoms with Crippen molar-refractivity contribution in [2.75, 3.05) is 32.8 Å². The van der Waals surface area contributed by atoms with Crippen LogP contribution in [0.2, 0.25) is 0 Å². The molecule has 0 spiro atoms. The van der Waals surface area contributed by atoms with Crippen molar-refractivity contribution >= 4 is 11.9 Å². The Hall–Kier alpha value is -3.06. The number of phenolic OH excluding ortho intramolecular Hbond substituents is 1. The van der Waals surface area contributed by atoms with Crippen LogP contribution >= 0.6 is 0 Å². The lowest BCUT2D eigenvalue weighted by atomic mass is 10.2. The molecule has 0 bridgehead atoms. The molecule has 2 rings (SSSR count). The fourth-order valence-corrected chi connectivity index (χ4v) is 2.45. The topological polar surface area (TPSA) is 95.0 Å². The molecule has 0 saturated heterocycles. The summed E-state index contributed by atoms with van der Waals surface area (Å²) in [6.45, 7) is 5.27. The summed E-state index contributed by atoms with van der Waals surface area (Å²) in [6, 6.07) is 16.5. The van der Waals surface area contributed by atoms with Crippen molar-refractivity contribution in [3.05, 3.63) is 65.7 Å². The van der Waals surface area contributed by atoms with E-state index in [2.05, 4.69) is 20.9 Å². The number of benzene rings is 2. The van der Waals surface area contributed by atoms with Crippen LogP contribution in [0.3, 0.4) is 0 Å². The number of ether oxygens (including phenoxy) is 1. The van der Waals surface area contributed by atoms with Crippen LogP contribution in [0.4, 0.5) is 0 Å². The average Bonchev–Trinajstić information content (AvgIpc) is 2.71. The largest absolute Gasteiger partial charge is 0.507 e. The number of hydrogen-bond donors (Lipinski definition) is 4. The minimum absolute atomic E-state index is 0.0293. The molecule has 0 aliphatic carbocycles. The van der Waals surface area contributed by atoms with Gasteiger partial charge in [-0.15, -0.1) is 0 Å². The fourth-order valence-electron chi connectivity index (χ4n) is 2.45. The maximum atomic E-state index is 12.0. The summed E-state index contributed by atoms with van der Waals surface area (Å²) < 4.78 is 5.62. The second-order valence-corrected chi connectivity index (χ2v) is 6.00. The third-order valence-electron chi connectivity index (χ3n) is 3.81. The number of rotatable bonds is 10. The number of guanidine groups is 1. The second-order valence-electron chi connectivity index (χ2n) is 6.00. The van der Waals surface area contributed by atoms with Gasteiger partial charge in [-0.2, -0.15) is 0 Å². The monoisotopic (exact) mass is 384 g/mol. The summed E-state index contributed by atoms with van der Waals surface area (Å²) in [7, 11) is 0. The van der Waals surface area contributed by atoms with Crippen LogP contribution < -0.4 is 16.0 Å². The van der Waals surface area contributed by atoms with Crippen molar-refractivity contribution in [2.24, 2.45) is 4.99 Å². The molecule has 7 nitrogen and oxygen atoms in total. The number of nitrogens with one attached hydrogen (secondary N) is 3. The lowest BCUT2D eigenvalue weighted by molar-refractivity contribution is 0.0951. The van der Waals surface area contributed by atoms with Gasteiger partial charge < -0.3 is 25.8 Å². The Balaban J connectivity index is 1.66. The Bertz CT molecular complexity index is 750. The first-order chi connectivity index (χ1) is 13.7. The number of amides is 1. The Morgan fingerprint density at radius 3 is 2.46 bits per heavy atom. The first-order valence-electron chi connectivity index (χ1n) is 9.40. The van der Waals surface area contributed by atoms with Crippen LogP contribution in [0.5, 0.6) is 5.75 Å². The van der Waals surface area contributed by atoms with E-state index in [4.69, 9.17) is 4.74 Å². The minimum Gasteiger partial charge on any atom is -0.507 e. The van der Waals surface area contributed by atoms with Crippen molar-refractivity contribution in [3.63, 3.8) is 0 Å². The normalized spacial score (nSPS) is 11.1. The Kier molecular flexibility index (Phi) is 9.37. The smallest absolute Gasteiger partial charge is 0.255 e. The molecule has 150 valence electrons. The standard InChI is InChI=1S/C21H28N4O3/c1-2-22-21(25-14-15-28-16-17-8-4-3-5-9-17)24-13-12-23-20(27)18-10-6-7-11-19(18)26/h3-11,26H,2,12-16H2,1H3,(H,23,27)(H2,22,24,25). The summed E-state index contributed by atoms with van der Waals surface area (Å²) in [5.41, 5.74) is 1.40. The Labute approximate surface area is 165 Å². The Morgan fingerprint density at radius 1 is 1.00 bits per heavy atom. The van der Waals surface area contributed by atoms with Crippen LogP contribution in [0.25, 0.3) is 0 Å². The molecule has 0 fully saturated rings. The van der Waals surface area contributed by atoms with Crippen LogP contribution in [-0.4, -0.2) is 49.8 Å². The SMILES string of the molecule is CCNC(=NCCOCc1ccccc1)NCCNC(=O)c1ccccc1O. The zero-order chi connectivity index (χ0) is 20.0. The molecular formula is C21H28N4O3. The molecule has 2 aromatic rings. The summed E-state index contributed by atoms with van der Waals surface area (Å²) in [4.78, 5) is 16.5. The molecule has 4 N–H and O–H groups in total. The van der Waals surface area contributed by atoms with E-state index in [-0.39, 0.29) is 17.2 Å². The number of carbonyl (C=O) groups excluding carboxylic acids is 1. The van der Waals surface area contributed by atoms with Crippen LogP contribution in [0, 0.1) is 0 Å². The number of para-hydroxylation sites is 1. The van der Waals surface area contributed by atoms with Crippen LogP contribution in [-0.2, 0) is 11.3 Å². The molecule has 2 aromatic carbocycles. The molecular weight excluding hydrogens is 356 g/mol. The molecule has 1 amide bonds. The number of hydrogen-bond acceptors (Lipinski definition) is 4. The molecule has 0 aliphatic heterocycles. The van der Waals surface area contributed by atoms with Crippen molar-refractivity contribution in [1.29, 1.82) is 0 Å². The van der Waals surface area contributed by atoms with Gasteiger partial charge in [-0.3, -0.25) is 9.79 Å². The average molecular weight is 384 g/mol. The van der Waals surface area contributed by atoms with E-state index in [0.29, 0.717) is 38.8 Å². The highest BCUT2D eigenvalue weighted by Gasteiger charge is 2.09. The molecule has 0 aromatic heterocycles. The van der Waals surface area contributed by atoms with Crippen molar-refractivity contribution in [1.82, 2.24) is 16.0 Å². The molecule has 0 saturated carbocycles. The lowest BCUT2D eigenvalue weighted by Crippen LogP contribution is -2.41. The summed E-state index contributed by atoms with van der Waals surface area (Å²) >= 11 is 0. The number of carbonyl (C=O) groups is 1. The van der Waals surface area contributed by atoms with Gasteiger partial charge in [0.05, 0.1) is 25.3 Å². The minimum atomic E-state index is -0.309. The molecule has 0 aliphatic rings. The first kappa shape index (κ1) is 21.2. The summed E-state index contributed by atoms with van der Waals surface area (Å²) in [5.74, 6) is 0.331. The summed E-state index contributed by atoms with van der Waals surface area (Å²) in [5, 5.41) is 18.8. The molecule has 0 radical (unpaired) electrons. The quantitative estimate of drug-likeness (QED) is 0.285. The van der Waals surface area contributed by atoms with E-state index < -0.39 is 0 Å². The maximum Gasteiger partial charge on any atom is 0.255 e. The predicted molar refractivity (Wildman–Crippen MR) is 111 cm³/mol. The molecule has 7 heteroatoms. The van der Waals surface area contributed by atoms with Crippen molar-refractivity contribution in [3.8, 4) is 5.75 Å². The zero-order valence-electron chi connectivity index (χ0n) is 16.1. The number of aliphatic imine (C=N–C) groups is 1. The van der Waals surface area contributed by atoms with E-state index in [1.165, 1.54) is 6.07 Å². The number of aromatic hydroxyl groups is 1. The third-order valence-corrected chi connectivity index (χ3v) is 3.81. The maximum absolute atomic E-state index is 12.0. The van der Waals surface area contributed by atoms with E-state index in [1.54, 1.807) is 18.2 Å². The van der Waals surface area contributed by atoms with Gasteiger partial charge in [-0.1, -0.05) is 42.5 Å². The van der Waals surface area contributed by atoms with Gasteiger partial charge in [-0.05, 0) is 24.6 Å². The van der Waals surface area contributed by atoms with Gasteiger partial charge in [0.1, 0.15) is 5.75 Å². The van der Waals surface area contributed by atoms with E-state index in [0.717, 1.165) is 12.1 Å². The van der Waals surface area contributed by atoms with Crippen LogP contribution in [0.1, 0.15) is 22.8 Å². The zero-order valence-corrected chi connectivity index (χ0v) is 16.1. The van der Waals surface area contributed by atoms with Crippen LogP contribution in [0.15, 0.2) is 59.6 Å². The Morgan fingerprint density at radius 2 is 1.71 bits per heavy atom. The highest BCUT2D eigenvalue weighted by atomic mass is 16.5. The van der Waals surface area contributed by atoms with E-state index in [1.807, 2.05) is 37.3 Å². The van der Waals surface area contributed by atoms with Crippen molar-refractivity contribution < 1.29 is 14.6 Å². The third kappa shape index (κ3) is 7.67. The van der Waals surface area contributed by atoms with Gasteiger partial charge in [0, 0.05) is 19.6 Å². The van der Waals surface area contributed by atoms with Gasteiger partial charge in [0.25, 0.3) is 5.91 Å². The van der Waals surface area contributed by atoms with Crippen molar-refractivity contribution in [2.45, 2.75) is 13.5 Å². The molecule has 0 heterocycles.